The molecule has 0 saturated carbocycles. The van der Waals surface area contributed by atoms with Crippen molar-refractivity contribution in [2.24, 2.45) is 0 Å². The third-order valence-corrected chi connectivity index (χ3v) is 7.13. The molecule has 0 aliphatic rings. The summed E-state index contributed by atoms with van der Waals surface area (Å²) in [7, 11) is 0. The second-order valence-corrected chi connectivity index (χ2v) is 9.97. The van der Waals surface area contributed by atoms with Crippen LogP contribution < -0.4 is 16.9 Å². The number of nitrogen functional groups attached to an aromatic ring is 1. The third kappa shape index (κ3) is 5.26. The lowest BCUT2D eigenvalue weighted by Crippen LogP contribution is -2.21. The molecular weight excluding hydrogens is 644 g/mol. The van der Waals surface area contributed by atoms with Gasteiger partial charge in [0.05, 0.1) is 27.1 Å². The number of aromatic nitrogens is 4. The van der Waals surface area contributed by atoms with Crippen molar-refractivity contribution >= 4 is 64.8 Å². The van der Waals surface area contributed by atoms with Crippen LogP contribution in [0.3, 0.4) is 0 Å². The molecule has 40 heavy (non-hydrogen) atoms. The van der Waals surface area contributed by atoms with Gasteiger partial charge in [-0.2, -0.15) is 19.6 Å². The molecular formula is C28H18Br2N6O4. The monoisotopic (exact) mass is 660 g/mol. The average Bonchev–Trinajstić information content (AvgIpc) is 2.98. The summed E-state index contributed by atoms with van der Waals surface area (Å²) in [5, 5.41) is 21.8. The Kier molecular flexibility index (Phi) is 7.54. The van der Waals surface area contributed by atoms with Crippen molar-refractivity contribution in [1.82, 2.24) is 19.6 Å². The minimum absolute atomic E-state index is 0.0355. The molecule has 12 heteroatoms. The summed E-state index contributed by atoms with van der Waals surface area (Å²) in [6.07, 6.45) is 0. The normalized spacial score (nSPS) is 10.8. The summed E-state index contributed by atoms with van der Waals surface area (Å²) < 4.78 is 3.76. The van der Waals surface area contributed by atoms with E-state index >= 15 is 0 Å². The molecule has 0 saturated heterocycles. The first kappa shape index (κ1) is 26.9. The SMILES string of the molecule is Nc1ccc(-n2nc(Br)c3ccccc3c2=O)cc1.O=c1c2ccccc2c(Br)nn1-c1ccc([N+](=O)[O-])cc1. The first-order valence-electron chi connectivity index (χ1n) is 11.7. The summed E-state index contributed by atoms with van der Waals surface area (Å²) in [5.41, 5.74) is 6.99. The molecule has 0 radical (unpaired) electrons. The van der Waals surface area contributed by atoms with Crippen molar-refractivity contribution in [2.75, 3.05) is 5.73 Å². The highest BCUT2D eigenvalue weighted by atomic mass is 79.9. The van der Waals surface area contributed by atoms with Crippen LogP contribution in [0.5, 0.6) is 0 Å². The third-order valence-electron chi connectivity index (χ3n) is 5.96. The van der Waals surface area contributed by atoms with E-state index in [1.54, 1.807) is 48.5 Å². The molecule has 0 amide bonds. The molecule has 10 nitrogen and oxygen atoms in total. The molecule has 2 heterocycles. The predicted molar refractivity (Wildman–Crippen MR) is 161 cm³/mol. The first-order valence-corrected chi connectivity index (χ1v) is 13.3. The quantitative estimate of drug-likeness (QED) is 0.144. The van der Waals surface area contributed by atoms with Crippen molar-refractivity contribution in [3.8, 4) is 11.4 Å². The molecule has 6 aromatic rings. The van der Waals surface area contributed by atoms with Gasteiger partial charge in [-0.1, -0.05) is 36.4 Å². The van der Waals surface area contributed by atoms with Gasteiger partial charge in [0.1, 0.15) is 9.21 Å². The number of non-ortho nitro benzene ring substituents is 1. The Bertz CT molecular complexity index is 2010. The summed E-state index contributed by atoms with van der Waals surface area (Å²) in [4.78, 5) is 35.0. The van der Waals surface area contributed by atoms with Crippen molar-refractivity contribution in [2.45, 2.75) is 0 Å². The standard InChI is InChI=1S/C14H8BrN3O3.C14H10BrN3O/c15-13-11-3-1-2-4-12(11)14(19)17(16-13)9-5-7-10(8-6-9)18(20)21;15-13-11-3-1-2-4-12(11)14(19)18(17-13)10-7-5-9(16)6-8-10/h1-8H;1-8H,16H2. The van der Waals surface area contributed by atoms with Crippen molar-refractivity contribution < 1.29 is 4.92 Å². The van der Waals surface area contributed by atoms with Crippen LogP contribution in [0.15, 0.2) is 116 Å². The largest absolute Gasteiger partial charge is 0.399 e. The van der Waals surface area contributed by atoms with Gasteiger partial charge in [-0.05, 0) is 80.4 Å². The summed E-state index contributed by atoms with van der Waals surface area (Å²) >= 11 is 6.74. The van der Waals surface area contributed by atoms with Crippen LogP contribution in [0.1, 0.15) is 0 Å². The van der Waals surface area contributed by atoms with Crippen LogP contribution in [0, 0.1) is 10.1 Å². The van der Waals surface area contributed by atoms with E-state index in [1.165, 1.54) is 33.6 Å². The van der Waals surface area contributed by atoms with E-state index in [1.807, 2.05) is 24.3 Å². The Morgan fingerprint density at radius 3 is 1.40 bits per heavy atom. The Labute approximate surface area is 242 Å². The zero-order chi connectivity index (χ0) is 28.4. The zero-order valence-corrected chi connectivity index (χ0v) is 23.6. The maximum Gasteiger partial charge on any atom is 0.279 e. The fourth-order valence-corrected chi connectivity index (χ4v) is 4.99. The number of anilines is 1. The van der Waals surface area contributed by atoms with Crippen LogP contribution in [-0.2, 0) is 0 Å². The Hall–Kier alpha value is -4.68. The summed E-state index contributed by atoms with van der Waals surface area (Å²) in [6.45, 7) is 0. The van der Waals surface area contributed by atoms with Crippen LogP contribution in [0.2, 0.25) is 0 Å². The van der Waals surface area contributed by atoms with E-state index in [-0.39, 0.29) is 16.8 Å². The van der Waals surface area contributed by atoms with Gasteiger partial charge in [0.15, 0.2) is 0 Å². The molecule has 0 aliphatic carbocycles. The molecule has 0 fully saturated rings. The lowest BCUT2D eigenvalue weighted by molar-refractivity contribution is -0.384. The zero-order valence-electron chi connectivity index (χ0n) is 20.4. The fraction of sp³-hybridized carbons (Fsp3) is 0. The first-order chi connectivity index (χ1) is 19.2. The van der Waals surface area contributed by atoms with Crippen LogP contribution in [0.4, 0.5) is 11.4 Å². The minimum atomic E-state index is -0.490. The lowest BCUT2D eigenvalue weighted by atomic mass is 10.2. The Morgan fingerprint density at radius 2 is 1.00 bits per heavy atom. The number of nitrogens with zero attached hydrogens (tertiary/aromatic N) is 5. The highest BCUT2D eigenvalue weighted by Crippen LogP contribution is 2.21. The number of rotatable bonds is 3. The molecule has 0 unspecified atom stereocenters. The molecule has 198 valence electrons. The van der Waals surface area contributed by atoms with E-state index < -0.39 is 4.92 Å². The van der Waals surface area contributed by atoms with Crippen molar-refractivity contribution in [3.63, 3.8) is 0 Å². The molecule has 2 aromatic heterocycles. The van der Waals surface area contributed by atoms with Gasteiger partial charge in [-0.3, -0.25) is 19.7 Å². The molecule has 0 aliphatic heterocycles. The molecule has 0 spiro atoms. The van der Waals surface area contributed by atoms with E-state index in [2.05, 4.69) is 42.1 Å². The number of hydrogen-bond acceptors (Lipinski definition) is 7. The second kappa shape index (κ2) is 11.2. The average molecular weight is 662 g/mol. The topological polar surface area (TPSA) is 139 Å². The molecule has 0 bridgehead atoms. The minimum Gasteiger partial charge on any atom is -0.399 e. The highest BCUT2D eigenvalue weighted by molar-refractivity contribution is 9.10. The van der Waals surface area contributed by atoms with Crippen LogP contribution in [-0.4, -0.2) is 24.5 Å². The Morgan fingerprint density at radius 1 is 0.625 bits per heavy atom. The van der Waals surface area contributed by atoms with Gasteiger partial charge in [0.2, 0.25) is 0 Å². The second-order valence-electron chi connectivity index (χ2n) is 8.47. The maximum atomic E-state index is 12.4. The molecule has 2 N–H and O–H groups in total. The van der Waals surface area contributed by atoms with Crippen molar-refractivity contribution in [1.29, 1.82) is 0 Å². The van der Waals surface area contributed by atoms with E-state index in [0.29, 0.717) is 37.0 Å². The number of nitro benzene ring substituents is 1. The van der Waals surface area contributed by atoms with Crippen LogP contribution >= 0.6 is 31.9 Å². The number of nitro groups is 1. The number of hydrogen-bond donors (Lipinski definition) is 1. The van der Waals surface area contributed by atoms with Gasteiger partial charge in [-0.25, -0.2) is 0 Å². The predicted octanol–water partition coefficient (Wildman–Crippen LogP) is 5.79. The number of nitrogens with two attached hydrogens (primary N) is 1. The number of fused-ring (bicyclic) bond motifs is 2. The van der Waals surface area contributed by atoms with Gasteiger partial charge in [0, 0.05) is 28.6 Å². The molecule has 0 atom stereocenters. The van der Waals surface area contributed by atoms with E-state index in [9.17, 15) is 19.7 Å². The molecule has 4 aromatic carbocycles. The van der Waals surface area contributed by atoms with Gasteiger partial charge in [-0.15, -0.1) is 0 Å². The summed E-state index contributed by atoms with van der Waals surface area (Å²) in [5.74, 6) is 0. The maximum absolute atomic E-state index is 12.4. The van der Waals surface area contributed by atoms with Gasteiger partial charge < -0.3 is 5.73 Å². The number of benzene rings is 4. The number of halogens is 2. The Balaban J connectivity index is 0.000000162. The van der Waals surface area contributed by atoms with E-state index in [4.69, 9.17) is 5.73 Å². The van der Waals surface area contributed by atoms with Crippen molar-refractivity contribution in [3.05, 3.63) is 137 Å². The van der Waals surface area contributed by atoms with Gasteiger partial charge >= 0.3 is 0 Å². The highest BCUT2D eigenvalue weighted by Gasteiger charge is 2.12. The fourth-order valence-electron chi connectivity index (χ4n) is 3.98. The lowest BCUT2D eigenvalue weighted by Gasteiger charge is -2.07. The smallest absolute Gasteiger partial charge is 0.279 e. The van der Waals surface area contributed by atoms with Gasteiger partial charge in [0.25, 0.3) is 16.8 Å². The van der Waals surface area contributed by atoms with Crippen LogP contribution in [0.25, 0.3) is 32.9 Å². The summed E-state index contributed by atoms with van der Waals surface area (Å²) in [6, 6.07) is 27.2. The van der Waals surface area contributed by atoms with E-state index in [0.717, 1.165) is 10.8 Å². The molecule has 6 rings (SSSR count).